The van der Waals surface area contributed by atoms with Crippen LogP contribution in [0, 0.1) is 12.7 Å². The molecule has 1 aromatic heterocycles. The lowest BCUT2D eigenvalue weighted by molar-refractivity contribution is 0.432. The van der Waals surface area contributed by atoms with Gasteiger partial charge in [-0.1, -0.05) is 5.16 Å². The first-order chi connectivity index (χ1) is 10.0. The summed E-state index contributed by atoms with van der Waals surface area (Å²) in [6.07, 6.45) is 0. The number of hydrogen-bond acceptors (Lipinski definition) is 5. The molecule has 6 heteroatoms. The monoisotopic (exact) mass is 284 g/mol. The normalized spacial score (nSPS) is 10.8. The quantitative estimate of drug-likeness (QED) is 0.706. The highest BCUT2D eigenvalue weighted by Crippen LogP contribution is 2.27. The zero-order valence-electron chi connectivity index (χ0n) is 11.3. The van der Waals surface area contributed by atoms with Crippen molar-refractivity contribution in [2.45, 2.75) is 6.92 Å². The fourth-order valence-electron chi connectivity index (χ4n) is 2.13. The van der Waals surface area contributed by atoms with Gasteiger partial charge in [0, 0.05) is 22.5 Å². The van der Waals surface area contributed by atoms with E-state index in [0.29, 0.717) is 34.2 Å². The highest BCUT2D eigenvalue weighted by molar-refractivity contribution is 5.69. The molecular formula is C15H13FN4O. The number of anilines is 2. The van der Waals surface area contributed by atoms with Crippen LogP contribution >= 0.6 is 0 Å². The van der Waals surface area contributed by atoms with Gasteiger partial charge in [0.15, 0.2) is 0 Å². The van der Waals surface area contributed by atoms with E-state index in [9.17, 15) is 4.39 Å². The predicted molar refractivity (Wildman–Crippen MR) is 78.7 cm³/mol. The Morgan fingerprint density at radius 2 is 1.76 bits per heavy atom. The molecule has 0 aliphatic rings. The molecule has 21 heavy (non-hydrogen) atoms. The molecule has 0 atom stereocenters. The maximum absolute atomic E-state index is 13.1. The van der Waals surface area contributed by atoms with E-state index in [-0.39, 0.29) is 5.82 Å². The fraction of sp³-hybridized carbons (Fsp3) is 0.0667. The van der Waals surface area contributed by atoms with E-state index in [1.54, 1.807) is 31.2 Å². The Kier molecular flexibility index (Phi) is 3.06. The Labute approximate surface area is 120 Å². The minimum absolute atomic E-state index is 0.302. The standard InChI is InChI=1S/C15H13FN4O/c1-8-4-10(16)2-3-13(8)14-19-15(21-20-14)9-5-11(17)7-12(18)6-9/h2-7H,17-18H2,1H3. The lowest BCUT2D eigenvalue weighted by Gasteiger charge is -2.00. The van der Waals surface area contributed by atoms with Crippen LogP contribution in [0.15, 0.2) is 40.9 Å². The summed E-state index contributed by atoms with van der Waals surface area (Å²) in [5.41, 5.74) is 14.6. The van der Waals surface area contributed by atoms with Crippen molar-refractivity contribution in [2.24, 2.45) is 0 Å². The lowest BCUT2D eigenvalue weighted by atomic mass is 10.1. The molecule has 0 saturated carbocycles. The number of nitrogens with two attached hydrogens (primary N) is 2. The third-order valence-electron chi connectivity index (χ3n) is 3.08. The average molecular weight is 284 g/mol. The van der Waals surface area contributed by atoms with Gasteiger partial charge in [-0.15, -0.1) is 0 Å². The van der Waals surface area contributed by atoms with Gasteiger partial charge in [-0.25, -0.2) is 4.39 Å². The number of halogens is 1. The molecule has 0 saturated heterocycles. The number of rotatable bonds is 2. The van der Waals surface area contributed by atoms with Crippen molar-refractivity contribution in [1.82, 2.24) is 10.1 Å². The highest BCUT2D eigenvalue weighted by Gasteiger charge is 2.13. The summed E-state index contributed by atoms with van der Waals surface area (Å²) >= 11 is 0. The molecule has 0 unspecified atom stereocenters. The molecule has 0 fully saturated rings. The smallest absolute Gasteiger partial charge is 0.258 e. The van der Waals surface area contributed by atoms with Crippen molar-refractivity contribution < 1.29 is 8.91 Å². The van der Waals surface area contributed by atoms with Gasteiger partial charge >= 0.3 is 0 Å². The van der Waals surface area contributed by atoms with Crippen molar-refractivity contribution in [2.75, 3.05) is 11.5 Å². The van der Waals surface area contributed by atoms with E-state index in [4.69, 9.17) is 16.0 Å². The minimum Gasteiger partial charge on any atom is -0.399 e. The molecule has 5 nitrogen and oxygen atoms in total. The summed E-state index contributed by atoms with van der Waals surface area (Å²) in [5.74, 6) is 0.403. The van der Waals surface area contributed by atoms with E-state index in [1.807, 2.05) is 0 Å². The van der Waals surface area contributed by atoms with E-state index in [2.05, 4.69) is 10.1 Å². The number of benzene rings is 2. The first-order valence-corrected chi connectivity index (χ1v) is 6.29. The van der Waals surface area contributed by atoms with Gasteiger partial charge in [-0.05, 0) is 48.9 Å². The molecule has 0 bridgehead atoms. The number of hydrogen-bond donors (Lipinski definition) is 2. The largest absolute Gasteiger partial charge is 0.399 e. The maximum atomic E-state index is 13.1. The third kappa shape index (κ3) is 2.55. The molecule has 3 rings (SSSR count). The van der Waals surface area contributed by atoms with Crippen molar-refractivity contribution in [1.29, 1.82) is 0 Å². The predicted octanol–water partition coefficient (Wildman–Crippen LogP) is 3.02. The summed E-state index contributed by atoms with van der Waals surface area (Å²) in [4.78, 5) is 4.31. The zero-order chi connectivity index (χ0) is 15.0. The summed E-state index contributed by atoms with van der Waals surface area (Å²) < 4.78 is 18.4. The zero-order valence-corrected chi connectivity index (χ0v) is 11.3. The van der Waals surface area contributed by atoms with Crippen LogP contribution in [0.4, 0.5) is 15.8 Å². The molecule has 0 amide bonds. The van der Waals surface area contributed by atoms with Crippen molar-refractivity contribution in [3.05, 3.63) is 47.8 Å². The van der Waals surface area contributed by atoms with Gasteiger partial charge < -0.3 is 16.0 Å². The van der Waals surface area contributed by atoms with Crippen molar-refractivity contribution >= 4 is 11.4 Å². The van der Waals surface area contributed by atoms with Gasteiger partial charge in [-0.2, -0.15) is 4.98 Å². The van der Waals surface area contributed by atoms with Crippen LogP contribution in [-0.4, -0.2) is 10.1 Å². The molecule has 0 aliphatic heterocycles. The Bertz CT molecular complexity index is 793. The molecule has 1 heterocycles. The SMILES string of the molecule is Cc1cc(F)ccc1-c1noc(-c2cc(N)cc(N)c2)n1. The van der Waals surface area contributed by atoms with Crippen LogP contribution < -0.4 is 11.5 Å². The van der Waals surface area contributed by atoms with Crippen LogP contribution in [0.5, 0.6) is 0 Å². The molecule has 0 aliphatic carbocycles. The Balaban J connectivity index is 2.03. The first kappa shape index (κ1) is 13.1. The van der Waals surface area contributed by atoms with Crippen molar-refractivity contribution in [3.63, 3.8) is 0 Å². The fourth-order valence-corrected chi connectivity index (χ4v) is 2.13. The van der Waals surface area contributed by atoms with Crippen LogP contribution in [0.3, 0.4) is 0 Å². The number of nitrogens with zero attached hydrogens (tertiary/aromatic N) is 2. The molecular weight excluding hydrogens is 271 g/mol. The first-order valence-electron chi connectivity index (χ1n) is 6.29. The topological polar surface area (TPSA) is 91.0 Å². The van der Waals surface area contributed by atoms with Crippen LogP contribution in [-0.2, 0) is 0 Å². The molecule has 106 valence electrons. The van der Waals surface area contributed by atoms with Gasteiger partial charge in [0.1, 0.15) is 5.82 Å². The molecule has 3 aromatic rings. The summed E-state index contributed by atoms with van der Waals surface area (Å²) in [7, 11) is 0. The molecule has 4 N–H and O–H groups in total. The second kappa shape index (κ2) is 4.90. The second-order valence-corrected chi connectivity index (χ2v) is 4.77. The lowest BCUT2D eigenvalue weighted by Crippen LogP contribution is -1.91. The van der Waals surface area contributed by atoms with E-state index in [1.165, 1.54) is 12.1 Å². The summed E-state index contributed by atoms with van der Waals surface area (Å²) in [6, 6.07) is 9.44. The Hall–Kier alpha value is -2.89. The number of aryl methyl sites for hydroxylation is 1. The third-order valence-corrected chi connectivity index (χ3v) is 3.08. The molecule has 2 aromatic carbocycles. The number of aromatic nitrogens is 2. The van der Waals surface area contributed by atoms with Gasteiger partial charge in [0.05, 0.1) is 0 Å². The van der Waals surface area contributed by atoms with Crippen LogP contribution in [0.1, 0.15) is 5.56 Å². The highest BCUT2D eigenvalue weighted by atomic mass is 19.1. The van der Waals surface area contributed by atoms with E-state index in [0.717, 1.165) is 5.56 Å². The summed E-state index contributed by atoms with van der Waals surface area (Å²) in [6.45, 7) is 1.78. The Morgan fingerprint density at radius 1 is 1.05 bits per heavy atom. The second-order valence-electron chi connectivity index (χ2n) is 4.77. The summed E-state index contributed by atoms with van der Waals surface area (Å²) in [5, 5.41) is 3.92. The van der Waals surface area contributed by atoms with Gasteiger partial charge in [0.25, 0.3) is 5.89 Å². The number of nitrogen functional groups attached to an aromatic ring is 2. The maximum Gasteiger partial charge on any atom is 0.258 e. The average Bonchev–Trinajstić information content (AvgIpc) is 2.87. The van der Waals surface area contributed by atoms with Gasteiger partial charge in [0.2, 0.25) is 5.82 Å². The van der Waals surface area contributed by atoms with E-state index >= 15 is 0 Å². The van der Waals surface area contributed by atoms with Crippen molar-refractivity contribution in [3.8, 4) is 22.8 Å². The van der Waals surface area contributed by atoms with Gasteiger partial charge in [-0.3, -0.25) is 0 Å². The van der Waals surface area contributed by atoms with E-state index < -0.39 is 0 Å². The minimum atomic E-state index is -0.302. The van der Waals surface area contributed by atoms with Crippen LogP contribution in [0.25, 0.3) is 22.8 Å². The molecule has 0 radical (unpaired) electrons. The Morgan fingerprint density at radius 3 is 2.43 bits per heavy atom. The van der Waals surface area contributed by atoms with Crippen LogP contribution in [0.2, 0.25) is 0 Å². The molecule has 0 spiro atoms.